The van der Waals surface area contributed by atoms with E-state index in [1.54, 1.807) is 0 Å². The number of β-amino-alcohol motifs (C(OH)–C–C–N with tert-alkyl or cyclic N) is 1. The topological polar surface area (TPSA) is 40.5 Å². The quantitative estimate of drug-likeness (QED) is 0.820. The molecule has 0 radical (unpaired) electrons. The maximum absolute atomic E-state index is 13.2. The molecule has 25 heavy (non-hydrogen) atoms. The van der Waals surface area contributed by atoms with E-state index in [-0.39, 0.29) is 24.2 Å². The summed E-state index contributed by atoms with van der Waals surface area (Å²) < 4.78 is 0. The zero-order chi connectivity index (χ0) is 17.6. The van der Waals surface area contributed by atoms with Crippen LogP contribution in [0.3, 0.4) is 0 Å². The lowest BCUT2D eigenvalue weighted by atomic mass is 9.76. The first-order chi connectivity index (χ1) is 12.2. The fraction of sp³-hybridized carbons (Fsp3) is 0.409. The lowest BCUT2D eigenvalue weighted by molar-refractivity contribution is 0.0748. The number of Topliss-reactive ketones (excluding diaryl/α,β-unsaturated/α-hetero) is 1. The summed E-state index contributed by atoms with van der Waals surface area (Å²) in [6, 6.07) is 18.3. The maximum Gasteiger partial charge on any atom is 0.167 e. The SMILES string of the molecule is CCc1cccc([C@H]2CCN(CCO)C[C@@H]2C(=O)c2ccccc2)c1. The number of aryl methyl sites for hydroxylation is 1. The molecule has 0 unspecified atom stereocenters. The monoisotopic (exact) mass is 337 g/mol. The van der Waals surface area contributed by atoms with Crippen LogP contribution < -0.4 is 0 Å². The molecule has 1 heterocycles. The minimum atomic E-state index is -0.0604. The van der Waals surface area contributed by atoms with E-state index in [0.717, 1.165) is 31.5 Å². The third-order valence-electron chi connectivity index (χ3n) is 5.30. The Morgan fingerprint density at radius 1 is 1.16 bits per heavy atom. The van der Waals surface area contributed by atoms with Gasteiger partial charge in [0, 0.05) is 24.6 Å². The second-order valence-corrected chi connectivity index (χ2v) is 6.85. The van der Waals surface area contributed by atoms with Gasteiger partial charge < -0.3 is 10.0 Å². The third kappa shape index (κ3) is 4.17. The summed E-state index contributed by atoms with van der Waals surface area (Å²) in [4.78, 5) is 15.4. The number of nitrogens with zero attached hydrogens (tertiary/aromatic N) is 1. The lowest BCUT2D eigenvalue weighted by Crippen LogP contribution is -2.44. The first-order valence-corrected chi connectivity index (χ1v) is 9.24. The Morgan fingerprint density at radius 3 is 2.68 bits per heavy atom. The van der Waals surface area contributed by atoms with Crippen LogP contribution in [0.15, 0.2) is 54.6 Å². The van der Waals surface area contributed by atoms with Crippen molar-refractivity contribution in [3.63, 3.8) is 0 Å². The second-order valence-electron chi connectivity index (χ2n) is 6.85. The van der Waals surface area contributed by atoms with Gasteiger partial charge in [-0.05, 0) is 36.4 Å². The van der Waals surface area contributed by atoms with Gasteiger partial charge in [0.25, 0.3) is 0 Å². The van der Waals surface area contributed by atoms with Crippen LogP contribution in [0.1, 0.15) is 40.7 Å². The highest BCUT2D eigenvalue weighted by atomic mass is 16.3. The Balaban J connectivity index is 1.90. The van der Waals surface area contributed by atoms with Crippen molar-refractivity contribution in [3.05, 3.63) is 71.3 Å². The maximum atomic E-state index is 13.2. The number of rotatable bonds is 6. The first-order valence-electron chi connectivity index (χ1n) is 9.24. The fourth-order valence-electron chi connectivity index (χ4n) is 3.89. The molecular formula is C22H27NO2. The minimum absolute atomic E-state index is 0.0604. The van der Waals surface area contributed by atoms with Crippen molar-refractivity contribution < 1.29 is 9.90 Å². The predicted octanol–water partition coefficient (Wildman–Crippen LogP) is 3.53. The van der Waals surface area contributed by atoms with Crippen LogP contribution in [0.4, 0.5) is 0 Å². The number of aliphatic hydroxyl groups excluding tert-OH is 1. The summed E-state index contributed by atoms with van der Waals surface area (Å²) in [7, 11) is 0. The van der Waals surface area contributed by atoms with Crippen LogP contribution in [0, 0.1) is 5.92 Å². The van der Waals surface area contributed by atoms with E-state index in [1.165, 1.54) is 11.1 Å². The zero-order valence-electron chi connectivity index (χ0n) is 14.9. The van der Waals surface area contributed by atoms with Crippen molar-refractivity contribution in [1.29, 1.82) is 0 Å². The van der Waals surface area contributed by atoms with Crippen molar-refractivity contribution >= 4 is 5.78 Å². The average molecular weight is 337 g/mol. The molecule has 3 rings (SSSR count). The number of aliphatic hydroxyl groups is 1. The Kier molecular flexibility index (Phi) is 6.00. The van der Waals surface area contributed by atoms with Gasteiger partial charge in [0.1, 0.15) is 0 Å². The Bertz CT molecular complexity index is 698. The van der Waals surface area contributed by atoms with E-state index >= 15 is 0 Å². The molecule has 2 aromatic carbocycles. The van der Waals surface area contributed by atoms with E-state index in [1.807, 2.05) is 30.3 Å². The van der Waals surface area contributed by atoms with Crippen LogP contribution in [-0.2, 0) is 6.42 Å². The lowest BCUT2D eigenvalue weighted by Gasteiger charge is -2.38. The van der Waals surface area contributed by atoms with Crippen LogP contribution in [0.5, 0.6) is 0 Å². The number of carbonyl (C=O) groups is 1. The van der Waals surface area contributed by atoms with Gasteiger partial charge in [0.2, 0.25) is 0 Å². The molecule has 1 N–H and O–H groups in total. The zero-order valence-corrected chi connectivity index (χ0v) is 14.9. The molecule has 2 atom stereocenters. The molecule has 0 aromatic heterocycles. The van der Waals surface area contributed by atoms with Gasteiger partial charge in [0.05, 0.1) is 6.61 Å². The summed E-state index contributed by atoms with van der Waals surface area (Å²) >= 11 is 0. The highest BCUT2D eigenvalue weighted by molar-refractivity contribution is 5.98. The molecule has 0 bridgehead atoms. The van der Waals surface area contributed by atoms with E-state index in [0.29, 0.717) is 6.54 Å². The molecular weight excluding hydrogens is 310 g/mol. The number of benzene rings is 2. The number of ketones is 1. The fourth-order valence-corrected chi connectivity index (χ4v) is 3.89. The summed E-state index contributed by atoms with van der Waals surface area (Å²) in [5.74, 6) is 0.402. The standard InChI is InChI=1S/C22H27NO2/c1-2-17-7-6-10-19(15-17)20-11-12-23(13-14-24)16-21(20)22(25)18-8-4-3-5-9-18/h3-10,15,20-21,24H,2,11-14,16H2,1H3/t20-,21+/m1/s1. The largest absolute Gasteiger partial charge is 0.395 e. The van der Waals surface area contributed by atoms with Crippen molar-refractivity contribution in [3.8, 4) is 0 Å². The van der Waals surface area contributed by atoms with Gasteiger partial charge in [-0.1, -0.05) is 61.5 Å². The van der Waals surface area contributed by atoms with E-state index in [2.05, 4.69) is 36.1 Å². The second kappa shape index (κ2) is 8.41. The smallest absolute Gasteiger partial charge is 0.167 e. The number of hydrogen-bond acceptors (Lipinski definition) is 3. The summed E-state index contributed by atoms with van der Waals surface area (Å²) in [6.45, 7) is 4.59. The van der Waals surface area contributed by atoms with Gasteiger partial charge in [-0.2, -0.15) is 0 Å². The van der Waals surface area contributed by atoms with Crippen LogP contribution in [0.25, 0.3) is 0 Å². The molecule has 0 aliphatic carbocycles. The molecule has 132 valence electrons. The Labute approximate surface area is 150 Å². The Morgan fingerprint density at radius 2 is 1.96 bits per heavy atom. The van der Waals surface area contributed by atoms with Crippen LogP contribution in [0.2, 0.25) is 0 Å². The average Bonchev–Trinajstić information content (AvgIpc) is 2.68. The van der Waals surface area contributed by atoms with Crippen molar-refractivity contribution in [2.45, 2.75) is 25.7 Å². The van der Waals surface area contributed by atoms with E-state index in [4.69, 9.17) is 0 Å². The molecule has 1 aliphatic heterocycles. The number of carbonyl (C=O) groups excluding carboxylic acids is 1. The van der Waals surface area contributed by atoms with Gasteiger partial charge in [-0.3, -0.25) is 4.79 Å². The number of piperidine rings is 1. The molecule has 1 fully saturated rings. The van der Waals surface area contributed by atoms with E-state index < -0.39 is 0 Å². The highest BCUT2D eigenvalue weighted by Crippen LogP contribution is 2.35. The molecule has 3 heteroatoms. The first kappa shape index (κ1) is 17.8. The minimum Gasteiger partial charge on any atom is -0.395 e. The normalized spacial score (nSPS) is 21.2. The molecule has 3 nitrogen and oxygen atoms in total. The van der Waals surface area contributed by atoms with Crippen molar-refractivity contribution in [2.75, 3.05) is 26.2 Å². The van der Waals surface area contributed by atoms with Gasteiger partial charge in [-0.15, -0.1) is 0 Å². The third-order valence-corrected chi connectivity index (χ3v) is 5.30. The molecule has 0 saturated carbocycles. The Hall–Kier alpha value is -1.97. The summed E-state index contributed by atoms with van der Waals surface area (Å²) in [6.07, 6.45) is 1.96. The van der Waals surface area contributed by atoms with Crippen molar-refractivity contribution in [2.24, 2.45) is 5.92 Å². The van der Waals surface area contributed by atoms with Crippen molar-refractivity contribution in [1.82, 2.24) is 4.90 Å². The summed E-state index contributed by atoms with van der Waals surface area (Å²) in [5, 5.41) is 9.29. The van der Waals surface area contributed by atoms with Crippen LogP contribution in [-0.4, -0.2) is 42.0 Å². The van der Waals surface area contributed by atoms with Gasteiger partial charge >= 0.3 is 0 Å². The molecule has 1 saturated heterocycles. The molecule has 2 aromatic rings. The molecule has 0 spiro atoms. The van der Waals surface area contributed by atoms with E-state index in [9.17, 15) is 9.90 Å². The number of hydrogen-bond donors (Lipinski definition) is 1. The van der Waals surface area contributed by atoms with Crippen LogP contribution >= 0.6 is 0 Å². The number of likely N-dealkylation sites (tertiary alicyclic amines) is 1. The predicted molar refractivity (Wildman–Crippen MR) is 101 cm³/mol. The highest BCUT2D eigenvalue weighted by Gasteiger charge is 2.35. The van der Waals surface area contributed by atoms with Gasteiger partial charge in [0.15, 0.2) is 5.78 Å². The van der Waals surface area contributed by atoms with Gasteiger partial charge in [-0.25, -0.2) is 0 Å². The summed E-state index contributed by atoms with van der Waals surface area (Å²) in [5.41, 5.74) is 3.38. The molecule has 1 aliphatic rings. The molecule has 0 amide bonds.